The van der Waals surface area contributed by atoms with Crippen molar-refractivity contribution in [3.63, 3.8) is 0 Å². The first-order chi connectivity index (χ1) is 7.24. The van der Waals surface area contributed by atoms with Crippen molar-refractivity contribution < 1.29 is 4.79 Å². The fourth-order valence-corrected chi connectivity index (χ4v) is 2.33. The highest BCUT2D eigenvalue weighted by molar-refractivity contribution is 7.99. The average Bonchev–Trinajstić information content (AvgIpc) is 2.26. The Kier molecular flexibility index (Phi) is 5.48. The third kappa shape index (κ3) is 4.52. The van der Waals surface area contributed by atoms with Gasteiger partial charge in [0.2, 0.25) is 0 Å². The van der Waals surface area contributed by atoms with Gasteiger partial charge in [0.1, 0.15) is 5.78 Å². The molecule has 0 fully saturated rings. The molecule has 2 heteroatoms. The van der Waals surface area contributed by atoms with Crippen molar-refractivity contribution >= 4 is 17.5 Å². The Balaban J connectivity index is 2.26. The highest BCUT2D eigenvalue weighted by Crippen LogP contribution is 2.22. The van der Waals surface area contributed by atoms with Gasteiger partial charge in [-0.2, -0.15) is 0 Å². The molecule has 1 aromatic rings. The van der Waals surface area contributed by atoms with Crippen molar-refractivity contribution in [2.45, 2.75) is 38.0 Å². The molecule has 0 spiro atoms. The van der Waals surface area contributed by atoms with Gasteiger partial charge in [0, 0.05) is 17.7 Å². The predicted octanol–water partition coefficient (Wildman–Crippen LogP) is 3.85. The Labute approximate surface area is 96.3 Å². The molecule has 0 aliphatic heterocycles. The largest absolute Gasteiger partial charge is 0.300 e. The van der Waals surface area contributed by atoms with Gasteiger partial charge in [-0.25, -0.2) is 0 Å². The highest BCUT2D eigenvalue weighted by Gasteiger charge is 2.00. The molecular weight excluding hydrogens is 204 g/mol. The Hall–Kier alpha value is -0.760. The number of hydrogen-bond acceptors (Lipinski definition) is 2. The van der Waals surface area contributed by atoms with Crippen LogP contribution in [0.25, 0.3) is 0 Å². The van der Waals surface area contributed by atoms with Crippen LogP contribution in [0, 0.1) is 6.92 Å². The van der Waals surface area contributed by atoms with Crippen LogP contribution in [0.1, 0.15) is 31.7 Å². The second kappa shape index (κ2) is 6.67. The number of hydrogen-bond donors (Lipinski definition) is 0. The Bertz CT molecular complexity index is 320. The summed E-state index contributed by atoms with van der Waals surface area (Å²) < 4.78 is 0. The summed E-state index contributed by atoms with van der Waals surface area (Å²) in [6.07, 6.45) is 2.40. The molecule has 15 heavy (non-hydrogen) atoms. The van der Waals surface area contributed by atoms with E-state index in [2.05, 4.69) is 31.2 Å². The topological polar surface area (TPSA) is 17.1 Å². The number of aryl methyl sites for hydroxylation is 1. The van der Waals surface area contributed by atoms with Gasteiger partial charge < -0.3 is 0 Å². The number of Topliss-reactive ketones (excluding diaryl/α,β-unsaturated/α-hetero) is 1. The lowest BCUT2D eigenvalue weighted by Crippen LogP contribution is -1.95. The van der Waals surface area contributed by atoms with E-state index in [1.165, 1.54) is 10.5 Å². The molecule has 1 rings (SSSR count). The smallest absolute Gasteiger partial charge is 0.132 e. The number of ketones is 1. The van der Waals surface area contributed by atoms with E-state index < -0.39 is 0 Å². The molecule has 0 aromatic heterocycles. The summed E-state index contributed by atoms with van der Waals surface area (Å²) in [5.74, 6) is 1.41. The van der Waals surface area contributed by atoms with E-state index >= 15 is 0 Å². The molecule has 1 aromatic carbocycles. The van der Waals surface area contributed by atoms with E-state index in [0.29, 0.717) is 12.2 Å². The van der Waals surface area contributed by atoms with Crippen LogP contribution in [0.15, 0.2) is 29.2 Å². The first kappa shape index (κ1) is 12.3. The molecule has 0 saturated heterocycles. The van der Waals surface area contributed by atoms with E-state index in [1.807, 2.05) is 18.7 Å². The van der Waals surface area contributed by atoms with Crippen LogP contribution in [-0.2, 0) is 4.79 Å². The summed E-state index contributed by atoms with van der Waals surface area (Å²) in [6, 6.07) is 8.38. The number of rotatable bonds is 6. The minimum Gasteiger partial charge on any atom is -0.300 e. The normalized spacial score (nSPS) is 10.3. The van der Waals surface area contributed by atoms with Crippen LogP contribution >= 0.6 is 11.8 Å². The molecule has 0 saturated carbocycles. The van der Waals surface area contributed by atoms with Gasteiger partial charge in [0.15, 0.2) is 0 Å². The quantitative estimate of drug-likeness (QED) is 0.537. The van der Waals surface area contributed by atoms with Crippen molar-refractivity contribution in [3.05, 3.63) is 29.8 Å². The van der Waals surface area contributed by atoms with Crippen molar-refractivity contribution in [2.24, 2.45) is 0 Å². The molecule has 0 aliphatic rings. The third-order valence-corrected chi connectivity index (χ3v) is 3.61. The molecule has 0 radical (unpaired) electrons. The van der Waals surface area contributed by atoms with Gasteiger partial charge in [0.05, 0.1) is 0 Å². The Morgan fingerprint density at radius 2 is 2.07 bits per heavy atom. The summed E-state index contributed by atoms with van der Waals surface area (Å²) in [5.41, 5.74) is 1.32. The molecule has 0 unspecified atom stereocenters. The van der Waals surface area contributed by atoms with Gasteiger partial charge in [0.25, 0.3) is 0 Å². The molecule has 0 aliphatic carbocycles. The van der Waals surface area contributed by atoms with Crippen LogP contribution in [0.5, 0.6) is 0 Å². The van der Waals surface area contributed by atoms with Crippen molar-refractivity contribution in [1.29, 1.82) is 0 Å². The minimum atomic E-state index is 0.375. The SMILES string of the molecule is CCC(=O)CCCSc1ccccc1C. The van der Waals surface area contributed by atoms with Gasteiger partial charge in [-0.15, -0.1) is 11.8 Å². The summed E-state index contributed by atoms with van der Waals surface area (Å²) in [7, 11) is 0. The zero-order valence-electron chi connectivity index (χ0n) is 9.45. The summed E-state index contributed by atoms with van der Waals surface area (Å²) in [6.45, 7) is 4.05. The summed E-state index contributed by atoms with van der Waals surface area (Å²) in [4.78, 5) is 12.4. The van der Waals surface area contributed by atoms with Crippen molar-refractivity contribution in [1.82, 2.24) is 0 Å². The Morgan fingerprint density at radius 1 is 1.33 bits per heavy atom. The summed E-state index contributed by atoms with van der Waals surface area (Å²) in [5, 5.41) is 0. The van der Waals surface area contributed by atoms with Crippen molar-refractivity contribution in [2.75, 3.05) is 5.75 Å². The van der Waals surface area contributed by atoms with Crippen LogP contribution in [-0.4, -0.2) is 11.5 Å². The van der Waals surface area contributed by atoms with E-state index in [-0.39, 0.29) is 0 Å². The molecule has 1 nitrogen and oxygen atoms in total. The fraction of sp³-hybridized carbons (Fsp3) is 0.462. The van der Waals surface area contributed by atoms with E-state index in [4.69, 9.17) is 0 Å². The second-order valence-corrected chi connectivity index (χ2v) is 4.75. The predicted molar refractivity (Wildman–Crippen MR) is 66.4 cm³/mol. The Morgan fingerprint density at radius 3 is 2.73 bits per heavy atom. The maximum absolute atomic E-state index is 11.1. The fourth-order valence-electron chi connectivity index (χ4n) is 1.35. The van der Waals surface area contributed by atoms with Crippen LogP contribution in [0.2, 0.25) is 0 Å². The molecule has 82 valence electrons. The standard InChI is InChI=1S/C13H18OS/c1-3-12(14)8-6-10-15-13-9-5-4-7-11(13)2/h4-5,7,9H,3,6,8,10H2,1-2H3. The molecule has 0 heterocycles. The molecule has 0 amide bonds. The lowest BCUT2D eigenvalue weighted by molar-refractivity contribution is -0.118. The van der Waals surface area contributed by atoms with E-state index in [1.54, 1.807) is 0 Å². The lowest BCUT2D eigenvalue weighted by atomic mass is 10.2. The van der Waals surface area contributed by atoms with Crippen LogP contribution in [0.4, 0.5) is 0 Å². The number of carbonyl (C=O) groups is 1. The first-order valence-corrected chi connectivity index (χ1v) is 6.42. The zero-order chi connectivity index (χ0) is 11.1. The third-order valence-electron chi connectivity index (χ3n) is 2.35. The lowest BCUT2D eigenvalue weighted by Gasteiger charge is -2.04. The molecule has 0 bridgehead atoms. The second-order valence-electron chi connectivity index (χ2n) is 3.61. The maximum atomic E-state index is 11.1. The maximum Gasteiger partial charge on any atom is 0.132 e. The minimum absolute atomic E-state index is 0.375. The summed E-state index contributed by atoms with van der Waals surface area (Å²) >= 11 is 1.85. The average molecular weight is 222 g/mol. The van der Waals surface area contributed by atoms with Gasteiger partial charge in [-0.3, -0.25) is 4.79 Å². The molecule has 0 N–H and O–H groups in total. The highest BCUT2D eigenvalue weighted by atomic mass is 32.2. The van der Waals surface area contributed by atoms with Crippen LogP contribution in [0.3, 0.4) is 0 Å². The number of thioether (sulfide) groups is 1. The first-order valence-electron chi connectivity index (χ1n) is 5.44. The van der Waals surface area contributed by atoms with E-state index in [9.17, 15) is 4.79 Å². The van der Waals surface area contributed by atoms with Gasteiger partial charge >= 0.3 is 0 Å². The number of carbonyl (C=O) groups excluding carboxylic acids is 1. The molecule has 0 atom stereocenters. The number of benzene rings is 1. The van der Waals surface area contributed by atoms with Gasteiger partial charge in [-0.1, -0.05) is 25.1 Å². The van der Waals surface area contributed by atoms with Crippen molar-refractivity contribution in [3.8, 4) is 0 Å². The zero-order valence-corrected chi connectivity index (χ0v) is 10.3. The monoisotopic (exact) mass is 222 g/mol. The van der Waals surface area contributed by atoms with E-state index in [0.717, 1.165) is 18.6 Å². The van der Waals surface area contributed by atoms with Crippen LogP contribution < -0.4 is 0 Å². The molecular formula is C13H18OS. The van der Waals surface area contributed by atoms with Gasteiger partial charge in [-0.05, 0) is 30.7 Å².